The van der Waals surface area contributed by atoms with Crippen LogP contribution in [0.3, 0.4) is 0 Å². The highest BCUT2D eigenvalue weighted by atomic mass is 16.1. The molecule has 0 radical (unpaired) electrons. The molecule has 1 aliphatic rings. The fourth-order valence-electron chi connectivity index (χ4n) is 1.22. The van der Waals surface area contributed by atoms with Crippen LogP contribution in [-0.4, -0.2) is 11.3 Å². The molecule has 66 valence electrons. The molecule has 1 aliphatic carbocycles. The number of carbonyl (C=O) groups is 1. The number of hydrogen-bond acceptors (Lipinski definition) is 1. The number of Topliss-reactive ketones (excluding diaryl/α,β-unsaturated/α-hetero) is 1. The van der Waals surface area contributed by atoms with Crippen molar-refractivity contribution in [2.24, 2.45) is 5.41 Å². The van der Waals surface area contributed by atoms with Crippen molar-refractivity contribution < 1.29 is 4.79 Å². The lowest BCUT2D eigenvalue weighted by molar-refractivity contribution is -0.121. The molecule has 0 heterocycles. The molecule has 0 aromatic heterocycles. The average Bonchev–Trinajstić information content (AvgIpc) is 2.62. The van der Waals surface area contributed by atoms with Crippen LogP contribution < -0.4 is 0 Å². The summed E-state index contributed by atoms with van der Waals surface area (Å²) in [5, 5.41) is 0. The van der Waals surface area contributed by atoms with Crippen LogP contribution in [0.1, 0.15) is 40.0 Å². The van der Waals surface area contributed by atoms with Crippen molar-refractivity contribution in [2.45, 2.75) is 45.6 Å². The van der Waals surface area contributed by atoms with E-state index in [1.165, 1.54) is 0 Å². The lowest BCUT2D eigenvalue weighted by Gasteiger charge is -2.16. The first-order valence-corrected chi connectivity index (χ1v) is 4.32. The topological polar surface area (TPSA) is 21.4 Å². The highest BCUT2D eigenvalue weighted by Gasteiger charge is 2.57. The molecule has 1 rings (SSSR count). The first kappa shape index (κ1) is 9.25. The minimum Gasteiger partial charge on any atom is -0.302 e. The zero-order chi connectivity index (χ0) is 9.41. The van der Waals surface area contributed by atoms with Gasteiger partial charge < -0.3 is 4.85 Å². The molecule has 0 N–H and O–H groups in total. The van der Waals surface area contributed by atoms with Gasteiger partial charge in [-0.25, -0.2) is 6.57 Å². The van der Waals surface area contributed by atoms with E-state index in [1.807, 2.05) is 20.8 Å². The van der Waals surface area contributed by atoms with Crippen molar-refractivity contribution in [1.29, 1.82) is 0 Å². The Labute approximate surface area is 73.8 Å². The number of ketones is 1. The van der Waals surface area contributed by atoms with Crippen LogP contribution in [-0.2, 0) is 4.79 Å². The molecule has 0 amide bonds. The van der Waals surface area contributed by atoms with Crippen LogP contribution in [0.4, 0.5) is 0 Å². The molecular weight excluding hydrogens is 150 g/mol. The third kappa shape index (κ3) is 1.85. The van der Waals surface area contributed by atoms with E-state index in [2.05, 4.69) is 4.85 Å². The van der Waals surface area contributed by atoms with Crippen molar-refractivity contribution in [3.05, 3.63) is 11.4 Å². The monoisotopic (exact) mass is 165 g/mol. The Hall–Kier alpha value is -0.840. The molecule has 0 atom stereocenters. The molecule has 2 nitrogen and oxygen atoms in total. The Morgan fingerprint density at radius 2 is 2.00 bits per heavy atom. The SMILES string of the molecule is [C-]#[N+]C1(C(=O)CC(C)(C)C)CC1. The third-order valence-electron chi connectivity index (χ3n) is 2.15. The van der Waals surface area contributed by atoms with Crippen molar-refractivity contribution in [3.8, 4) is 0 Å². The number of rotatable bonds is 2. The molecular formula is C10H15NO. The van der Waals surface area contributed by atoms with Gasteiger partial charge in [0.2, 0.25) is 5.78 Å². The Kier molecular flexibility index (Phi) is 1.99. The molecule has 12 heavy (non-hydrogen) atoms. The van der Waals surface area contributed by atoms with Gasteiger partial charge in [0, 0.05) is 19.3 Å². The lowest BCUT2D eigenvalue weighted by atomic mass is 9.87. The summed E-state index contributed by atoms with van der Waals surface area (Å²) in [6.07, 6.45) is 2.10. The van der Waals surface area contributed by atoms with Crippen LogP contribution in [0.5, 0.6) is 0 Å². The number of hydrogen-bond donors (Lipinski definition) is 0. The second-order valence-corrected chi connectivity index (χ2v) is 4.80. The smallest absolute Gasteiger partial charge is 0.290 e. The lowest BCUT2D eigenvalue weighted by Crippen LogP contribution is -2.24. The van der Waals surface area contributed by atoms with E-state index in [-0.39, 0.29) is 11.2 Å². The van der Waals surface area contributed by atoms with Gasteiger partial charge in [-0.1, -0.05) is 20.8 Å². The van der Waals surface area contributed by atoms with Crippen molar-refractivity contribution >= 4 is 5.78 Å². The van der Waals surface area contributed by atoms with Crippen LogP contribution >= 0.6 is 0 Å². The van der Waals surface area contributed by atoms with Crippen LogP contribution in [0.25, 0.3) is 4.85 Å². The fourth-order valence-corrected chi connectivity index (χ4v) is 1.22. The summed E-state index contributed by atoms with van der Waals surface area (Å²) in [6, 6.07) is 0. The first-order chi connectivity index (χ1) is 5.40. The minimum atomic E-state index is -0.590. The van der Waals surface area contributed by atoms with Crippen LogP contribution in [0.2, 0.25) is 0 Å². The average molecular weight is 165 g/mol. The Morgan fingerprint density at radius 3 is 2.25 bits per heavy atom. The molecule has 0 unspecified atom stereocenters. The van der Waals surface area contributed by atoms with Gasteiger partial charge in [0.25, 0.3) is 5.54 Å². The van der Waals surface area contributed by atoms with Crippen molar-refractivity contribution in [1.82, 2.24) is 0 Å². The Morgan fingerprint density at radius 1 is 1.50 bits per heavy atom. The third-order valence-corrected chi connectivity index (χ3v) is 2.15. The van der Waals surface area contributed by atoms with E-state index < -0.39 is 5.54 Å². The largest absolute Gasteiger partial charge is 0.302 e. The highest BCUT2D eigenvalue weighted by Crippen LogP contribution is 2.43. The Balaban J connectivity index is 2.57. The standard InChI is InChI=1S/C10H15NO/c1-9(2,3)7-8(12)10(11-4)5-6-10/h5-7H2,1-3H3. The second-order valence-electron chi connectivity index (χ2n) is 4.80. The first-order valence-electron chi connectivity index (χ1n) is 4.32. The molecule has 0 aromatic carbocycles. The summed E-state index contributed by atoms with van der Waals surface area (Å²) in [5.74, 6) is 0.144. The van der Waals surface area contributed by atoms with E-state index in [9.17, 15) is 4.79 Å². The van der Waals surface area contributed by atoms with Gasteiger partial charge in [0.1, 0.15) is 0 Å². The normalized spacial score (nSPS) is 19.8. The predicted octanol–water partition coefficient (Wildman–Crippen LogP) is 2.44. The fraction of sp³-hybridized carbons (Fsp3) is 0.800. The van der Waals surface area contributed by atoms with Crippen molar-refractivity contribution in [2.75, 3.05) is 0 Å². The van der Waals surface area contributed by atoms with Gasteiger partial charge in [-0.05, 0) is 5.41 Å². The predicted molar refractivity (Wildman–Crippen MR) is 47.6 cm³/mol. The molecule has 1 fully saturated rings. The maximum Gasteiger partial charge on any atom is 0.290 e. The number of nitrogens with zero attached hydrogens (tertiary/aromatic N) is 1. The van der Waals surface area contributed by atoms with Crippen molar-refractivity contribution in [3.63, 3.8) is 0 Å². The summed E-state index contributed by atoms with van der Waals surface area (Å²) < 4.78 is 0. The summed E-state index contributed by atoms with van der Waals surface area (Å²) in [4.78, 5) is 15.0. The molecule has 0 aliphatic heterocycles. The second kappa shape index (κ2) is 2.58. The van der Waals surface area contributed by atoms with Gasteiger partial charge >= 0.3 is 0 Å². The summed E-state index contributed by atoms with van der Waals surface area (Å²) in [6.45, 7) is 13.0. The van der Waals surface area contributed by atoms with Gasteiger partial charge in [0.15, 0.2) is 0 Å². The maximum absolute atomic E-state index is 11.6. The molecule has 0 saturated heterocycles. The maximum atomic E-state index is 11.6. The summed E-state index contributed by atoms with van der Waals surface area (Å²) >= 11 is 0. The van der Waals surface area contributed by atoms with E-state index >= 15 is 0 Å². The molecule has 0 bridgehead atoms. The molecule has 2 heteroatoms. The minimum absolute atomic E-state index is 0.0252. The van der Waals surface area contributed by atoms with E-state index in [1.54, 1.807) is 0 Å². The molecule has 0 spiro atoms. The molecule has 0 aromatic rings. The number of carbonyl (C=O) groups excluding carboxylic acids is 1. The summed E-state index contributed by atoms with van der Waals surface area (Å²) in [7, 11) is 0. The van der Waals surface area contributed by atoms with E-state index in [0.717, 1.165) is 12.8 Å². The van der Waals surface area contributed by atoms with Crippen LogP contribution in [0, 0.1) is 12.0 Å². The van der Waals surface area contributed by atoms with E-state index in [4.69, 9.17) is 6.57 Å². The Bertz CT molecular complexity index is 238. The molecule has 1 saturated carbocycles. The zero-order valence-corrected chi connectivity index (χ0v) is 7.98. The van der Waals surface area contributed by atoms with E-state index in [0.29, 0.717) is 6.42 Å². The quantitative estimate of drug-likeness (QED) is 0.576. The highest BCUT2D eigenvalue weighted by molar-refractivity contribution is 5.93. The summed E-state index contributed by atoms with van der Waals surface area (Å²) in [5.41, 5.74) is -0.565. The van der Waals surface area contributed by atoms with Gasteiger partial charge in [-0.15, -0.1) is 0 Å². The van der Waals surface area contributed by atoms with Gasteiger partial charge in [-0.2, -0.15) is 0 Å². The van der Waals surface area contributed by atoms with Crippen LogP contribution in [0.15, 0.2) is 0 Å². The van der Waals surface area contributed by atoms with Gasteiger partial charge in [-0.3, -0.25) is 4.79 Å². The van der Waals surface area contributed by atoms with Gasteiger partial charge in [0.05, 0.1) is 0 Å². The zero-order valence-electron chi connectivity index (χ0n) is 7.98.